The normalized spacial score (nSPS) is 12.8. The molecule has 6 heteroatoms. The number of rotatable bonds is 59. The minimum atomic E-state index is -0.801. The van der Waals surface area contributed by atoms with Gasteiger partial charge in [-0.25, -0.2) is 0 Å². The second-order valence-corrected chi connectivity index (χ2v) is 21.6. The Labute approximate surface area is 482 Å². The molecule has 0 aromatic rings. The van der Waals surface area contributed by atoms with Gasteiger partial charge in [-0.15, -0.1) is 0 Å². The summed E-state index contributed by atoms with van der Waals surface area (Å²) in [6.45, 7) is 6.48. The largest absolute Gasteiger partial charge is 0.462 e. The highest BCUT2D eigenvalue weighted by atomic mass is 16.6. The SMILES string of the molecule is CC/C=C\C/C=C\C/C=C\C/C=C\C/C=C\C/C=C\CCCCC(=O)OC(COC(=O)CCCCCCCCCCCC)COC(=O)CCCCCCCCCCCCCCCC/C=C\C/C=C\C/C=C\CCCCCCC. The predicted molar refractivity (Wildman–Crippen MR) is 339 cm³/mol. The molecule has 1 atom stereocenters. The Balaban J connectivity index is 4.27. The van der Waals surface area contributed by atoms with Crippen LogP contribution in [0.5, 0.6) is 0 Å². The molecule has 0 aliphatic rings. The molecule has 0 aliphatic heterocycles. The number of carbonyl (C=O) groups is 3. The predicted octanol–water partition coefficient (Wildman–Crippen LogP) is 22.6. The van der Waals surface area contributed by atoms with Gasteiger partial charge in [-0.1, -0.05) is 291 Å². The number of unbranched alkanes of at least 4 members (excludes halogenated alkanes) is 30. The van der Waals surface area contributed by atoms with Crippen molar-refractivity contribution in [2.24, 2.45) is 0 Å². The molecule has 0 amide bonds. The van der Waals surface area contributed by atoms with E-state index in [1.165, 1.54) is 161 Å². The van der Waals surface area contributed by atoms with Crippen LogP contribution in [-0.2, 0) is 28.6 Å². The second kappa shape index (κ2) is 65.6. The Kier molecular flexibility index (Phi) is 62.3. The van der Waals surface area contributed by atoms with Gasteiger partial charge in [0.2, 0.25) is 0 Å². The van der Waals surface area contributed by atoms with Gasteiger partial charge in [0, 0.05) is 19.3 Å². The monoisotopic (exact) mass is 1080 g/mol. The van der Waals surface area contributed by atoms with E-state index in [9.17, 15) is 14.4 Å². The lowest BCUT2D eigenvalue weighted by Crippen LogP contribution is -2.30. The maximum atomic E-state index is 12.9. The van der Waals surface area contributed by atoms with Gasteiger partial charge in [0.1, 0.15) is 13.2 Å². The zero-order chi connectivity index (χ0) is 56.4. The van der Waals surface area contributed by atoms with Crippen LogP contribution in [0.15, 0.2) is 109 Å². The quantitative estimate of drug-likeness (QED) is 0.0261. The number of hydrogen-bond donors (Lipinski definition) is 0. The van der Waals surface area contributed by atoms with Gasteiger partial charge < -0.3 is 14.2 Å². The summed E-state index contributed by atoms with van der Waals surface area (Å²) in [5.41, 5.74) is 0. The number of hydrogen-bond acceptors (Lipinski definition) is 6. The molecule has 0 rings (SSSR count). The number of ether oxygens (including phenoxy) is 3. The van der Waals surface area contributed by atoms with E-state index < -0.39 is 6.10 Å². The van der Waals surface area contributed by atoms with Gasteiger partial charge in [0.05, 0.1) is 0 Å². The maximum absolute atomic E-state index is 12.9. The van der Waals surface area contributed by atoms with E-state index >= 15 is 0 Å². The van der Waals surface area contributed by atoms with E-state index in [0.29, 0.717) is 19.3 Å². The van der Waals surface area contributed by atoms with E-state index in [-0.39, 0.29) is 37.5 Å². The summed E-state index contributed by atoms with van der Waals surface area (Å²) >= 11 is 0. The smallest absolute Gasteiger partial charge is 0.306 e. The average molecular weight is 1080 g/mol. The lowest BCUT2D eigenvalue weighted by Gasteiger charge is -2.18. The minimum Gasteiger partial charge on any atom is -0.462 e. The van der Waals surface area contributed by atoms with Crippen LogP contribution in [0.25, 0.3) is 0 Å². The first-order chi connectivity index (χ1) is 38.5. The van der Waals surface area contributed by atoms with Crippen LogP contribution in [-0.4, -0.2) is 37.2 Å². The zero-order valence-corrected chi connectivity index (χ0v) is 51.2. The molecule has 0 bridgehead atoms. The Morgan fingerprint density at radius 1 is 0.269 bits per heavy atom. The van der Waals surface area contributed by atoms with Crippen molar-refractivity contribution in [3.05, 3.63) is 109 Å². The summed E-state index contributed by atoms with van der Waals surface area (Å²) in [5.74, 6) is -0.933. The molecule has 1 unspecified atom stereocenters. The molecule has 0 saturated heterocycles. The fourth-order valence-electron chi connectivity index (χ4n) is 9.10. The van der Waals surface area contributed by atoms with Gasteiger partial charge in [0.15, 0.2) is 6.10 Å². The molecule has 0 spiro atoms. The summed E-state index contributed by atoms with van der Waals surface area (Å²) < 4.78 is 16.9. The fraction of sp³-hybridized carbons (Fsp3) is 0.708. The highest BCUT2D eigenvalue weighted by molar-refractivity contribution is 5.71. The molecule has 0 N–H and O–H groups in total. The average Bonchev–Trinajstić information content (AvgIpc) is 3.44. The van der Waals surface area contributed by atoms with Gasteiger partial charge >= 0.3 is 17.9 Å². The van der Waals surface area contributed by atoms with Crippen molar-refractivity contribution in [3.8, 4) is 0 Å². The summed E-state index contributed by atoms with van der Waals surface area (Å²) in [6.07, 6.45) is 89.7. The van der Waals surface area contributed by atoms with E-state index in [4.69, 9.17) is 14.2 Å². The van der Waals surface area contributed by atoms with Gasteiger partial charge in [0.25, 0.3) is 0 Å². The van der Waals surface area contributed by atoms with Crippen LogP contribution in [0, 0.1) is 0 Å². The first-order valence-electron chi connectivity index (χ1n) is 32.9. The molecule has 0 saturated carbocycles. The van der Waals surface area contributed by atoms with Gasteiger partial charge in [-0.2, -0.15) is 0 Å². The summed E-state index contributed by atoms with van der Waals surface area (Å²) in [6, 6.07) is 0. The summed E-state index contributed by atoms with van der Waals surface area (Å²) in [5, 5.41) is 0. The molecule has 78 heavy (non-hydrogen) atoms. The Hall–Kier alpha value is -3.93. The van der Waals surface area contributed by atoms with Crippen LogP contribution in [0.4, 0.5) is 0 Å². The standard InChI is InChI=1S/C72H122O6/c1-4-7-10-13-16-19-22-24-26-28-30-32-33-34-35-36-37-38-39-41-42-44-46-48-50-53-56-59-62-65-71(74)77-68-69(67-76-70(73)64-61-58-55-52-21-18-15-12-9-6-3)78-72(75)66-63-60-57-54-51-49-47-45-43-40-31-29-27-25-23-20-17-14-11-8-5-2/h8,11,17,20,22,24-25,27-28,30-31,33-34,40,45,47,51,54,69H,4-7,9-10,12-16,18-19,21,23,26,29,32,35-39,41-44,46,48-50,52-53,55-68H2,1-3H3/b11-8-,20-17-,24-22-,27-25-,30-28-,34-33-,40-31-,47-45-,54-51-. The Morgan fingerprint density at radius 3 is 0.808 bits per heavy atom. The maximum Gasteiger partial charge on any atom is 0.306 e. The summed E-state index contributed by atoms with van der Waals surface area (Å²) in [4.78, 5) is 38.2. The fourth-order valence-corrected chi connectivity index (χ4v) is 9.10. The molecule has 0 aromatic carbocycles. The third-order valence-electron chi connectivity index (χ3n) is 14.0. The minimum absolute atomic E-state index is 0.0943. The van der Waals surface area contributed by atoms with Crippen LogP contribution in [0.3, 0.4) is 0 Å². The highest BCUT2D eigenvalue weighted by Crippen LogP contribution is 2.16. The van der Waals surface area contributed by atoms with Crippen molar-refractivity contribution in [1.29, 1.82) is 0 Å². The first kappa shape index (κ1) is 74.1. The second-order valence-electron chi connectivity index (χ2n) is 21.6. The van der Waals surface area contributed by atoms with Crippen molar-refractivity contribution in [3.63, 3.8) is 0 Å². The zero-order valence-electron chi connectivity index (χ0n) is 51.2. The molecule has 446 valence electrons. The molecule has 0 aromatic heterocycles. The third kappa shape index (κ3) is 62.9. The Morgan fingerprint density at radius 2 is 0.500 bits per heavy atom. The molecular formula is C72H122O6. The number of carbonyl (C=O) groups excluding carboxylic acids is 3. The molecule has 0 fully saturated rings. The number of allylic oxidation sites excluding steroid dienone is 18. The summed E-state index contributed by atoms with van der Waals surface area (Å²) in [7, 11) is 0. The third-order valence-corrected chi connectivity index (χ3v) is 14.0. The number of esters is 3. The van der Waals surface area contributed by atoms with Crippen LogP contribution >= 0.6 is 0 Å². The van der Waals surface area contributed by atoms with E-state index in [0.717, 1.165) is 103 Å². The molecule has 0 heterocycles. The van der Waals surface area contributed by atoms with Gasteiger partial charge in [-0.05, 0) is 109 Å². The van der Waals surface area contributed by atoms with Crippen LogP contribution in [0.1, 0.15) is 310 Å². The van der Waals surface area contributed by atoms with Crippen molar-refractivity contribution < 1.29 is 28.6 Å². The van der Waals surface area contributed by atoms with Crippen LogP contribution in [0.2, 0.25) is 0 Å². The molecule has 0 aliphatic carbocycles. The van der Waals surface area contributed by atoms with E-state index in [1.54, 1.807) is 0 Å². The van der Waals surface area contributed by atoms with Crippen molar-refractivity contribution in [2.45, 2.75) is 316 Å². The first-order valence-corrected chi connectivity index (χ1v) is 32.9. The molecule has 6 nitrogen and oxygen atoms in total. The van der Waals surface area contributed by atoms with Crippen LogP contribution < -0.4 is 0 Å². The lowest BCUT2D eigenvalue weighted by molar-refractivity contribution is -0.167. The van der Waals surface area contributed by atoms with Crippen molar-refractivity contribution >= 4 is 17.9 Å². The van der Waals surface area contributed by atoms with Crippen molar-refractivity contribution in [1.82, 2.24) is 0 Å². The van der Waals surface area contributed by atoms with E-state index in [2.05, 4.69) is 130 Å². The van der Waals surface area contributed by atoms with Crippen molar-refractivity contribution in [2.75, 3.05) is 13.2 Å². The Bertz CT molecular complexity index is 1570. The molecule has 0 radical (unpaired) electrons. The topological polar surface area (TPSA) is 78.9 Å². The highest BCUT2D eigenvalue weighted by Gasteiger charge is 2.19. The van der Waals surface area contributed by atoms with Gasteiger partial charge in [-0.3, -0.25) is 14.4 Å². The lowest BCUT2D eigenvalue weighted by atomic mass is 10.0. The van der Waals surface area contributed by atoms with E-state index in [1.807, 2.05) is 0 Å². The molecular weight excluding hydrogens is 961 g/mol.